The summed E-state index contributed by atoms with van der Waals surface area (Å²) >= 11 is 0. The average Bonchev–Trinajstić information content (AvgIpc) is 2.86. The lowest BCUT2D eigenvalue weighted by Crippen LogP contribution is -2.16. The van der Waals surface area contributed by atoms with Crippen molar-refractivity contribution < 1.29 is 9.09 Å². The largest absolute Gasteiger partial charge is 0.439 e. The Bertz CT molecular complexity index is 787. The second kappa shape index (κ2) is 18.7. The van der Waals surface area contributed by atoms with Crippen LogP contribution in [0.15, 0.2) is 84.9 Å². The standard InChI is InChI=1S/C13H11O2P.C6H6.4C2H6/c1-16(14)13-9-5-3-7-11(13)10-6-2-4-8-12(10)15-16;1-2-4-6-5-3-1;4*1-2/h2-9H,1H3;1-6H;4*1-2H3. The molecule has 0 saturated heterocycles. The summed E-state index contributed by atoms with van der Waals surface area (Å²) in [5.41, 5.74) is 2.04. The van der Waals surface area contributed by atoms with E-state index in [-0.39, 0.29) is 0 Å². The van der Waals surface area contributed by atoms with Gasteiger partial charge in [-0.2, -0.15) is 0 Å². The van der Waals surface area contributed by atoms with Gasteiger partial charge >= 0.3 is 0 Å². The van der Waals surface area contributed by atoms with Gasteiger partial charge in [0.2, 0.25) is 0 Å². The Morgan fingerprint density at radius 3 is 1.37 bits per heavy atom. The van der Waals surface area contributed by atoms with Crippen LogP contribution < -0.4 is 9.83 Å². The topological polar surface area (TPSA) is 26.3 Å². The SMILES string of the molecule is CC.CC.CC.CC.CP1(=O)Oc2ccccc2-c2ccccc21.c1ccccc1. The lowest BCUT2D eigenvalue weighted by molar-refractivity contribution is 0.497. The van der Waals surface area contributed by atoms with Crippen LogP contribution in [-0.2, 0) is 4.57 Å². The molecular weight excluding hydrogens is 387 g/mol. The minimum Gasteiger partial charge on any atom is -0.439 e. The van der Waals surface area contributed by atoms with Crippen LogP contribution in [0.3, 0.4) is 0 Å². The Hall–Kier alpha value is -2.31. The first-order valence-electron chi connectivity index (χ1n) is 11.1. The van der Waals surface area contributed by atoms with E-state index in [0.29, 0.717) is 5.75 Å². The van der Waals surface area contributed by atoms with E-state index in [4.69, 9.17) is 4.52 Å². The van der Waals surface area contributed by atoms with E-state index in [1.54, 1.807) is 6.66 Å². The molecule has 0 aromatic heterocycles. The van der Waals surface area contributed by atoms with Gasteiger partial charge in [0.1, 0.15) is 5.75 Å². The highest BCUT2D eigenvalue weighted by Gasteiger charge is 2.30. The first-order valence-corrected chi connectivity index (χ1v) is 13.2. The van der Waals surface area contributed by atoms with E-state index in [9.17, 15) is 4.57 Å². The third kappa shape index (κ3) is 9.46. The Morgan fingerprint density at radius 2 is 0.900 bits per heavy atom. The number of hydrogen-bond donors (Lipinski definition) is 0. The highest BCUT2D eigenvalue weighted by molar-refractivity contribution is 7.67. The van der Waals surface area contributed by atoms with E-state index in [0.717, 1.165) is 16.4 Å². The molecule has 30 heavy (non-hydrogen) atoms. The lowest BCUT2D eigenvalue weighted by Gasteiger charge is -2.25. The molecule has 1 aliphatic rings. The molecule has 0 saturated carbocycles. The van der Waals surface area contributed by atoms with Gasteiger partial charge in [-0.1, -0.05) is 128 Å². The fourth-order valence-electron chi connectivity index (χ4n) is 2.45. The van der Waals surface area contributed by atoms with Crippen molar-refractivity contribution in [1.82, 2.24) is 0 Å². The first kappa shape index (κ1) is 29.9. The molecule has 0 radical (unpaired) electrons. The van der Waals surface area contributed by atoms with Crippen molar-refractivity contribution >= 4 is 12.7 Å². The summed E-state index contributed by atoms with van der Waals surface area (Å²) in [6.45, 7) is 17.7. The molecule has 166 valence electrons. The molecular formula is C27H41O2P. The average molecular weight is 429 g/mol. The summed E-state index contributed by atoms with van der Waals surface area (Å²) in [5.74, 6) is 0.715. The molecule has 4 rings (SSSR count). The minimum absolute atomic E-state index is 0.715. The maximum Gasteiger partial charge on any atom is 0.274 e. The quantitative estimate of drug-likeness (QED) is 0.334. The molecule has 1 heterocycles. The van der Waals surface area contributed by atoms with Crippen molar-refractivity contribution in [2.45, 2.75) is 55.4 Å². The van der Waals surface area contributed by atoms with E-state index in [1.165, 1.54) is 0 Å². The zero-order valence-electron chi connectivity index (χ0n) is 20.3. The van der Waals surface area contributed by atoms with E-state index < -0.39 is 7.37 Å². The predicted molar refractivity (Wildman–Crippen MR) is 138 cm³/mol. The molecule has 0 bridgehead atoms. The monoisotopic (exact) mass is 428 g/mol. The van der Waals surface area contributed by atoms with Crippen molar-refractivity contribution in [1.29, 1.82) is 0 Å². The molecule has 3 aromatic carbocycles. The van der Waals surface area contributed by atoms with Crippen LogP contribution in [0.4, 0.5) is 0 Å². The first-order chi connectivity index (χ1) is 14.7. The Balaban J connectivity index is 0. The molecule has 0 spiro atoms. The van der Waals surface area contributed by atoms with Crippen LogP contribution in [0.2, 0.25) is 0 Å². The third-order valence-electron chi connectivity index (χ3n) is 3.46. The number of rotatable bonds is 0. The van der Waals surface area contributed by atoms with Crippen LogP contribution in [0, 0.1) is 0 Å². The molecule has 3 aromatic rings. The van der Waals surface area contributed by atoms with Gasteiger partial charge in [-0.25, -0.2) is 0 Å². The molecule has 2 nitrogen and oxygen atoms in total. The van der Waals surface area contributed by atoms with Gasteiger partial charge in [-0.3, -0.25) is 4.57 Å². The fourth-order valence-corrected chi connectivity index (χ4v) is 4.07. The van der Waals surface area contributed by atoms with Gasteiger partial charge in [0.15, 0.2) is 0 Å². The molecule has 0 fully saturated rings. The molecule has 3 heteroatoms. The van der Waals surface area contributed by atoms with Crippen LogP contribution in [0.1, 0.15) is 55.4 Å². The van der Waals surface area contributed by atoms with Crippen LogP contribution in [0.25, 0.3) is 11.1 Å². The van der Waals surface area contributed by atoms with Gasteiger partial charge in [0, 0.05) is 12.2 Å². The highest BCUT2D eigenvalue weighted by Crippen LogP contribution is 2.51. The summed E-state index contributed by atoms with van der Waals surface area (Å²) in [6.07, 6.45) is 0. The molecule has 1 atom stereocenters. The summed E-state index contributed by atoms with van der Waals surface area (Å²) in [7, 11) is -2.71. The van der Waals surface area contributed by atoms with Crippen molar-refractivity contribution in [3.8, 4) is 16.9 Å². The second-order valence-electron chi connectivity index (χ2n) is 5.11. The van der Waals surface area contributed by atoms with Crippen molar-refractivity contribution in [2.24, 2.45) is 0 Å². The van der Waals surface area contributed by atoms with Crippen molar-refractivity contribution in [3.05, 3.63) is 84.9 Å². The van der Waals surface area contributed by atoms with Crippen LogP contribution in [0.5, 0.6) is 5.75 Å². The molecule has 0 amide bonds. The molecule has 1 unspecified atom stereocenters. The zero-order valence-corrected chi connectivity index (χ0v) is 21.2. The third-order valence-corrected chi connectivity index (χ3v) is 5.27. The number of para-hydroxylation sites is 1. The zero-order chi connectivity index (χ0) is 23.4. The Labute approximate surface area is 185 Å². The number of benzene rings is 3. The van der Waals surface area contributed by atoms with Crippen LogP contribution in [-0.4, -0.2) is 6.66 Å². The maximum absolute atomic E-state index is 12.4. The van der Waals surface area contributed by atoms with Crippen molar-refractivity contribution in [2.75, 3.05) is 6.66 Å². The fraction of sp³-hybridized carbons (Fsp3) is 0.333. The molecule has 0 aliphatic carbocycles. The number of fused-ring (bicyclic) bond motifs is 3. The van der Waals surface area contributed by atoms with E-state index >= 15 is 0 Å². The summed E-state index contributed by atoms with van der Waals surface area (Å²) in [4.78, 5) is 0. The van der Waals surface area contributed by atoms with Gasteiger partial charge in [-0.15, -0.1) is 0 Å². The summed E-state index contributed by atoms with van der Waals surface area (Å²) < 4.78 is 18.0. The van der Waals surface area contributed by atoms with Gasteiger partial charge in [0.05, 0.1) is 5.30 Å². The van der Waals surface area contributed by atoms with Gasteiger partial charge < -0.3 is 4.52 Å². The van der Waals surface area contributed by atoms with Crippen LogP contribution >= 0.6 is 7.37 Å². The van der Waals surface area contributed by atoms with Gasteiger partial charge in [0.25, 0.3) is 7.37 Å². The molecule has 1 aliphatic heterocycles. The number of hydrogen-bond acceptors (Lipinski definition) is 2. The lowest BCUT2D eigenvalue weighted by atomic mass is 10.0. The summed E-state index contributed by atoms with van der Waals surface area (Å²) in [6, 6.07) is 27.4. The van der Waals surface area contributed by atoms with Gasteiger partial charge in [-0.05, 0) is 17.7 Å². The second-order valence-corrected chi connectivity index (χ2v) is 7.46. The highest BCUT2D eigenvalue weighted by atomic mass is 31.2. The Kier molecular flexibility index (Phi) is 18.6. The molecule has 0 N–H and O–H groups in total. The van der Waals surface area contributed by atoms with E-state index in [2.05, 4.69) is 0 Å². The smallest absolute Gasteiger partial charge is 0.274 e. The minimum atomic E-state index is -2.71. The Morgan fingerprint density at radius 1 is 0.533 bits per heavy atom. The van der Waals surface area contributed by atoms with E-state index in [1.807, 2.05) is 140 Å². The normalized spacial score (nSPS) is 14.0. The summed E-state index contributed by atoms with van der Waals surface area (Å²) in [5, 5.41) is 0.814. The predicted octanol–water partition coefficient (Wildman–Crippen LogP) is 9.07. The van der Waals surface area contributed by atoms with Crippen molar-refractivity contribution in [3.63, 3.8) is 0 Å². The maximum atomic E-state index is 12.4.